The molecule has 0 bridgehead atoms. The zero-order chi connectivity index (χ0) is 22.4. The lowest BCUT2D eigenvalue weighted by Gasteiger charge is -2.22. The fourth-order valence-corrected chi connectivity index (χ4v) is 3.42. The summed E-state index contributed by atoms with van der Waals surface area (Å²) in [6, 6.07) is 14.4. The number of aliphatic carboxylic acids is 1. The van der Waals surface area contributed by atoms with E-state index in [4.69, 9.17) is 0 Å². The van der Waals surface area contributed by atoms with E-state index in [1.54, 1.807) is 42.5 Å². The van der Waals surface area contributed by atoms with Crippen molar-refractivity contribution >= 4 is 29.2 Å². The van der Waals surface area contributed by atoms with Crippen LogP contribution in [0.25, 0.3) is 0 Å². The number of anilines is 1. The third-order valence-corrected chi connectivity index (χ3v) is 4.97. The Morgan fingerprint density at radius 3 is 2.58 bits per heavy atom. The molecular weight excluding hydrogens is 398 g/mol. The van der Waals surface area contributed by atoms with E-state index >= 15 is 0 Å². The number of hydrazone groups is 1. The minimum absolute atomic E-state index is 0.148. The number of carbonyl (C=O) groups is 3. The molecule has 31 heavy (non-hydrogen) atoms. The van der Waals surface area contributed by atoms with Crippen LogP contribution >= 0.6 is 0 Å². The van der Waals surface area contributed by atoms with E-state index in [0.29, 0.717) is 5.69 Å². The Bertz CT molecular complexity index is 990. The van der Waals surface area contributed by atoms with E-state index in [9.17, 15) is 24.6 Å². The van der Waals surface area contributed by atoms with Crippen LogP contribution in [-0.4, -0.2) is 45.9 Å². The molecule has 0 unspecified atom stereocenters. The van der Waals surface area contributed by atoms with Gasteiger partial charge in [-0.25, -0.2) is 9.80 Å². The number of rotatable bonds is 9. The fourth-order valence-electron chi connectivity index (χ4n) is 3.42. The lowest BCUT2D eigenvalue weighted by atomic mass is 10.0. The number of nitrogens with zero attached hydrogens (tertiary/aromatic N) is 2. The van der Waals surface area contributed by atoms with Crippen molar-refractivity contribution in [3.05, 3.63) is 65.7 Å². The molecule has 0 radical (unpaired) electrons. The van der Waals surface area contributed by atoms with Crippen molar-refractivity contribution < 1.29 is 24.6 Å². The van der Waals surface area contributed by atoms with Crippen LogP contribution in [0.5, 0.6) is 0 Å². The number of benzene rings is 2. The molecule has 8 nitrogen and oxygen atoms in total. The van der Waals surface area contributed by atoms with Crippen LogP contribution < -0.4 is 10.3 Å². The smallest absolute Gasteiger partial charge is 0.334 e. The van der Waals surface area contributed by atoms with Crippen molar-refractivity contribution in [2.75, 3.05) is 5.01 Å². The molecule has 2 amide bonds. The second kappa shape index (κ2) is 9.99. The van der Waals surface area contributed by atoms with Crippen LogP contribution in [0, 0.1) is 0 Å². The Balaban J connectivity index is 1.78. The summed E-state index contributed by atoms with van der Waals surface area (Å²) in [5, 5.41) is 27.6. The van der Waals surface area contributed by atoms with Gasteiger partial charge in [-0.1, -0.05) is 49.7 Å². The van der Waals surface area contributed by atoms with Crippen molar-refractivity contribution in [2.45, 2.75) is 44.8 Å². The van der Waals surface area contributed by atoms with Gasteiger partial charge in [0, 0.05) is 11.3 Å². The number of carboxylic acid groups (broad SMARTS) is 1. The van der Waals surface area contributed by atoms with Gasteiger partial charge in [-0.3, -0.25) is 9.59 Å². The topological polar surface area (TPSA) is 119 Å². The highest BCUT2D eigenvalue weighted by atomic mass is 16.4. The molecular formula is C23H25N3O5. The van der Waals surface area contributed by atoms with Crippen molar-refractivity contribution in [1.82, 2.24) is 5.32 Å². The van der Waals surface area contributed by atoms with Crippen molar-refractivity contribution in [1.29, 1.82) is 0 Å². The van der Waals surface area contributed by atoms with E-state index in [1.807, 2.05) is 13.0 Å². The minimum atomic E-state index is -1.77. The SMILES string of the molecule is CCCC1=NN(c2cccc(C(=O)N[C@H](Cc3ccccc3)[C@@H](O)C(=O)O)c2)C(=O)C1. The van der Waals surface area contributed by atoms with Gasteiger partial charge in [0.25, 0.3) is 11.8 Å². The first kappa shape index (κ1) is 22.2. The summed E-state index contributed by atoms with van der Waals surface area (Å²) in [5.41, 5.74) is 2.28. The molecule has 0 saturated heterocycles. The first-order valence-corrected chi connectivity index (χ1v) is 10.1. The lowest BCUT2D eigenvalue weighted by molar-refractivity contribution is -0.148. The molecule has 2 aromatic rings. The largest absolute Gasteiger partial charge is 0.479 e. The van der Waals surface area contributed by atoms with Crippen LogP contribution in [0.2, 0.25) is 0 Å². The summed E-state index contributed by atoms with van der Waals surface area (Å²) in [7, 11) is 0. The van der Waals surface area contributed by atoms with Gasteiger partial charge < -0.3 is 15.5 Å². The highest BCUT2D eigenvalue weighted by molar-refractivity contribution is 6.13. The molecule has 0 fully saturated rings. The molecule has 162 valence electrons. The van der Waals surface area contributed by atoms with Gasteiger partial charge in [0.2, 0.25) is 0 Å². The number of carbonyl (C=O) groups excluding carboxylic acids is 2. The van der Waals surface area contributed by atoms with E-state index in [0.717, 1.165) is 24.1 Å². The van der Waals surface area contributed by atoms with Crippen LogP contribution in [0.1, 0.15) is 42.1 Å². The number of nitrogens with one attached hydrogen (secondary N) is 1. The van der Waals surface area contributed by atoms with E-state index in [1.165, 1.54) is 11.1 Å². The molecule has 0 spiro atoms. The second-order valence-corrected chi connectivity index (χ2v) is 7.40. The summed E-state index contributed by atoms with van der Waals surface area (Å²) in [6.07, 6.45) is 0.255. The average molecular weight is 423 g/mol. The number of hydrogen-bond donors (Lipinski definition) is 3. The molecule has 2 atom stereocenters. The average Bonchev–Trinajstić information content (AvgIpc) is 3.13. The van der Waals surface area contributed by atoms with Crippen LogP contribution in [0.3, 0.4) is 0 Å². The van der Waals surface area contributed by atoms with Crippen molar-refractivity contribution in [3.63, 3.8) is 0 Å². The molecule has 3 N–H and O–H groups in total. The first-order chi connectivity index (χ1) is 14.9. The second-order valence-electron chi connectivity index (χ2n) is 7.40. The van der Waals surface area contributed by atoms with Gasteiger partial charge in [-0.2, -0.15) is 5.10 Å². The maximum atomic E-state index is 12.8. The third kappa shape index (κ3) is 5.55. The van der Waals surface area contributed by atoms with Crippen LogP contribution in [0.15, 0.2) is 59.7 Å². The Morgan fingerprint density at radius 1 is 1.16 bits per heavy atom. The highest BCUT2D eigenvalue weighted by Crippen LogP contribution is 2.23. The zero-order valence-electron chi connectivity index (χ0n) is 17.2. The van der Waals surface area contributed by atoms with Crippen molar-refractivity contribution in [3.8, 4) is 0 Å². The Morgan fingerprint density at radius 2 is 1.90 bits per heavy atom. The minimum Gasteiger partial charge on any atom is -0.479 e. The highest BCUT2D eigenvalue weighted by Gasteiger charge is 2.29. The van der Waals surface area contributed by atoms with Crippen LogP contribution in [-0.2, 0) is 16.0 Å². The summed E-state index contributed by atoms with van der Waals surface area (Å²) in [5.74, 6) is -2.13. The quantitative estimate of drug-likeness (QED) is 0.572. The summed E-state index contributed by atoms with van der Waals surface area (Å²) in [6.45, 7) is 2.01. The van der Waals surface area contributed by atoms with Gasteiger partial charge in [0.1, 0.15) is 0 Å². The van der Waals surface area contributed by atoms with Gasteiger partial charge in [0.05, 0.1) is 18.2 Å². The van der Waals surface area contributed by atoms with E-state index in [-0.39, 0.29) is 24.3 Å². The third-order valence-electron chi connectivity index (χ3n) is 4.97. The van der Waals surface area contributed by atoms with E-state index < -0.39 is 24.0 Å². The maximum Gasteiger partial charge on any atom is 0.334 e. The van der Waals surface area contributed by atoms with Gasteiger partial charge >= 0.3 is 5.97 Å². The zero-order valence-corrected chi connectivity index (χ0v) is 17.2. The van der Waals surface area contributed by atoms with Gasteiger partial charge in [0.15, 0.2) is 6.10 Å². The summed E-state index contributed by atoms with van der Waals surface area (Å²) >= 11 is 0. The molecule has 0 aliphatic carbocycles. The number of aliphatic hydroxyl groups excluding tert-OH is 1. The molecule has 1 heterocycles. The molecule has 0 aromatic heterocycles. The van der Waals surface area contributed by atoms with Crippen LogP contribution in [0.4, 0.5) is 5.69 Å². The normalized spacial score (nSPS) is 15.4. The standard InChI is InChI=1S/C23H25N3O5/c1-2-7-17-14-20(27)26(25-17)18-11-6-10-16(13-18)22(29)24-19(21(28)23(30)31)12-15-8-4-3-5-9-15/h3-6,8-11,13,19,21,28H,2,7,12,14H2,1H3,(H,24,29)(H,30,31)/t19-,21-/m1/s1. The van der Waals surface area contributed by atoms with Crippen molar-refractivity contribution in [2.24, 2.45) is 5.10 Å². The number of carboxylic acids is 1. The fraction of sp³-hybridized carbons (Fsp3) is 0.304. The molecule has 8 heteroatoms. The maximum absolute atomic E-state index is 12.8. The predicted octanol–water partition coefficient (Wildman–Crippen LogP) is 2.37. The first-order valence-electron chi connectivity index (χ1n) is 10.1. The van der Waals surface area contributed by atoms with Gasteiger partial charge in [-0.15, -0.1) is 0 Å². The molecule has 1 aliphatic rings. The molecule has 1 aliphatic heterocycles. The number of hydrogen-bond acceptors (Lipinski definition) is 5. The molecule has 0 saturated carbocycles. The number of aliphatic hydroxyl groups is 1. The lowest BCUT2D eigenvalue weighted by Crippen LogP contribution is -2.48. The Kier molecular flexibility index (Phi) is 7.15. The molecule has 2 aromatic carbocycles. The summed E-state index contributed by atoms with van der Waals surface area (Å²) in [4.78, 5) is 36.5. The number of amides is 2. The monoisotopic (exact) mass is 423 g/mol. The molecule has 3 rings (SSSR count). The predicted molar refractivity (Wildman–Crippen MR) is 116 cm³/mol. The summed E-state index contributed by atoms with van der Waals surface area (Å²) < 4.78 is 0. The van der Waals surface area contributed by atoms with Gasteiger partial charge in [-0.05, 0) is 36.6 Å². The Hall–Kier alpha value is -3.52. The Labute approximate surface area is 180 Å². The van der Waals surface area contributed by atoms with E-state index in [2.05, 4.69) is 10.4 Å².